The third-order valence-electron chi connectivity index (χ3n) is 7.98. The first-order valence-electron chi connectivity index (χ1n) is 13.4. The molecular formula is C37H25NO. The maximum Gasteiger partial charge on any atom is 0.178 e. The highest BCUT2D eigenvalue weighted by Crippen LogP contribution is 2.50. The lowest BCUT2D eigenvalue weighted by atomic mass is 9.83. The highest BCUT2D eigenvalue weighted by Gasteiger charge is 2.38. The average Bonchev–Trinajstić information content (AvgIpc) is 3.38. The largest absolute Gasteiger partial charge is 0.472 e. The van der Waals surface area contributed by atoms with Crippen molar-refractivity contribution in [3.63, 3.8) is 0 Å². The van der Waals surface area contributed by atoms with Crippen molar-refractivity contribution in [3.05, 3.63) is 162 Å². The summed E-state index contributed by atoms with van der Waals surface area (Å²) < 4.78 is 9.69. The topological polar surface area (TPSA) is 14.2 Å². The van der Waals surface area contributed by atoms with Crippen LogP contribution in [0, 0.1) is 0 Å². The van der Waals surface area contributed by atoms with E-state index in [-0.39, 0.29) is 0 Å². The van der Waals surface area contributed by atoms with Crippen molar-refractivity contribution in [1.29, 1.82) is 0 Å². The Morgan fingerprint density at radius 3 is 1.72 bits per heavy atom. The van der Waals surface area contributed by atoms with Gasteiger partial charge in [-0.25, -0.2) is 0 Å². The Kier molecular flexibility index (Phi) is 4.77. The van der Waals surface area contributed by atoms with E-state index in [1.54, 1.807) is 0 Å². The highest BCUT2D eigenvalue weighted by molar-refractivity contribution is 6.25. The second-order valence-electron chi connectivity index (χ2n) is 10.1. The molecule has 7 aromatic rings. The van der Waals surface area contributed by atoms with Gasteiger partial charge < -0.3 is 9.30 Å². The number of nitrogens with zero attached hydrogens (tertiary/aromatic N) is 1. The van der Waals surface area contributed by atoms with Gasteiger partial charge in [-0.1, -0.05) is 121 Å². The molecule has 8 rings (SSSR count). The molecule has 0 fully saturated rings. The van der Waals surface area contributed by atoms with Gasteiger partial charge in [-0.15, -0.1) is 0 Å². The van der Waals surface area contributed by atoms with E-state index in [2.05, 4.69) is 156 Å². The smallest absolute Gasteiger partial charge is 0.178 e. The van der Waals surface area contributed by atoms with Crippen LogP contribution in [-0.4, -0.2) is 4.57 Å². The summed E-state index contributed by atoms with van der Waals surface area (Å²) in [6, 6.07) is 49.1. The molecule has 1 aliphatic rings. The molecule has 2 nitrogen and oxygen atoms in total. The van der Waals surface area contributed by atoms with Crippen LogP contribution in [0.15, 0.2) is 146 Å². The number of benzene rings is 6. The molecule has 39 heavy (non-hydrogen) atoms. The predicted molar refractivity (Wildman–Crippen MR) is 162 cm³/mol. The van der Waals surface area contributed by atoms with E-state index < -0.39 is 5.60 Å². The van der Waals surface area contributed by atoms with Crippen molar-refractivity contribution in [2.45, 2.75) is 5.60 Å². The number of hydrogen-bond donors (Lipinski definition) is 0. The Balaban J connectivity index is 1.54. The molecule has 0 amide bonds. The van der Waals surface area contributed by atoms with Crippen LogP contribution in [0.25, 0.3) is 44.3 Å². The zero-order valence-corrected chi connectivity index (χ0v) is 21.3. The molecule has 0 unspecified atom stereocenters. The van der Waals surface area contributed by atoms with Crippen molar-refractivity contribution in [2.24, 2.45) is 0 Å². The first-order chi connectivity index (χ1) is 19.4. The molecule has 184 valence electrons. The van der Waals surface area contributed by atoms with Gasteiger partial charge >= 0.3 is 0 Å². The third-order valence-corrected chi connectivity index (χ3v) is 7.98. The van der Waals surface area contributed by atoms with Crippen LogP contribution in [0.5, 0.6) is 5.75 Å². The summed E-state index contributed by atoms with van der Waals surface area (Å²) >= 11 is 0. The van der Waals surface area contributed by atoms with E-state index in [1.807, 2.05) is 0 Å². The summed E-state index contributed by atoms with van der Waals surface area (Å²) in [7, 11) is 0. The lowest BCUT2D eigenvalue weighted by Crippen LogP contribution is -2.34. The minimum Gasteiger partial charge on any atom is -0.472 e. The van der Waals surface area contributed by atoms with Crippen molar-refractivity contribution in [3.8, 4) is 11.4 Å². The minimum absolute atomic E-state index is 0.741. The standard InChI is InChI=1S/C37H25NO/c1-4-14-26(15-5-1)37(27-16-6-2-7-17-27)25-24-32-35-34(29-20-10-11-21-30(29)36(32)39-37)31-22-12-13-23-33(31)38(35)28-18-8-3-9-19-28/h1-25H. The van der Waals surface area contributed by atoms with E-state index in [4.69, 9.17) is 4.74 Å². The summed E-state index contributed by atoms with van der Waals surface area (Å²) in [6.45, 7) is 0. The van der Waals surface area contributed by atoms with Crippen molar-refractivity contribution in [2.75, 3.05) is 0 Å². The number of ether oxygens (including phenoxy) is 1. The molecule has 2 heterocycles. The van der Waals surface area contributed by atoms with Gasteiger partial charge in [0.05, 0.1) is 11.0 Å². The zero-order valence-electron chi connectivity index (χ0n) is 21.3. The van der Waals surface area contributed by atoms with Crippen LogP contribution in [0.3, 0.4) is 0 Å². The van der Waals surface area contributed by atoms with Gasteiger partial charge in [0.25, 0.3) is 0 Å². The van der Waals surface area contributed by atoms with Crippen LogP contribution < -0.4 is 4.74 Å². The van der Waals surface area contributed by atoms with Crippen LogP contribution in [0.1, 0.15) is 16.7 Å². The summed E-state index contributed by atoms with van der Waals surface area (Å²) in [4.78, 5) is 0. The molecule has 0 aliphatic carbocycles. The zero-order chi connectivity index (χ0) is 25.8. The van der Waals surface area contributed by atoms with Crippen LogP contribution in [0.4, 0.5) is 0 Å². The van der Waals surface area contributed by atoms with Gasteiger partial charge in [-0.05, 0) is 35.7 Å². The molecule has 0 radical (unpaired) electrons. The minimum atomic E-state index is -0.741. The first-order valence-corrected chi connectivity index (χ1v) is 13.4. The van der Waals surface area contributed by atoms with Gasteiger partial charge in [-0.2, -0.15) is 0 Å². The van der Waals surface area contributed by atoms with Crippen molar-refractivity contribution in [1.82, 2.24) is 4.57 Å². The van der Waals surface area contributed by atoms with Gasteiger partial charge in [-0.3, -0.25) is 0 Å². The maximum absolute atomic E-state index is 7.30. The lowest BCUT2D eigenvalue weighted by Gasteiger charge is -2.37. The Hall–Kier alpha value is -5.08. The second-order valence-corrected chi connectivity index (χ2v) is 10.1. The molecule has 0 saturated carbocycles. The summed E-state index contributed by atoms with van der Waals surface area (Å²) in [5.41, 5.74) is 6.06. The molecule has 0 spiro atoms. The fraction of sp³-hybridized carbons (Fsp3) is 0.0270. The Labute approximate surface area is 227 Å². The first kappa shape index (κ1) is 22.0. The Bertz CT molecular complexity index is 1980. The maximum atomic E-state index is 7.30. The molecule has 2 heteroatoms. The summed E-state index contributed by atoms with van der Waals surface area (Å²) in [5, 5.41) is 4.81. The third kappa shape index (κ3) is 3.15. The quantitative estimate of drug-likeness (QED) is 0.236. The van der Waals surface area contributed by atoms with Gasteiger partial charge in [0.1, 0.15) is 5.75 Å². The summed E-state index contributed by atoms with van der Waals surface area (Å²) in [5.74, 6) is 0.910. The van der Waals surface area contributed by atoms with E-state index in [0.717, 1.165) is 33.5 Å². The fourth-order valence-electron chi connectivity index (χ4n) is 6.27. The van der Waals surface area contributed by atoms with Gasteiger partial charge in [0, 0.05) is 38.5 Å². The number of rotatable bonds is 3. The molecular weight excluding hydrogens is 474 g/mol. The monoisotopic (exact) mass is 499 g/mol. The second kappa shape index (κ2) is 8.47. The van der Waals surface area contributed by atoms with Crippen molar-refractivity contribution >= 4 is 38.7 Å². The fourth-order valence-corrected chi connectivity index (χ4v) is 6.27. The molecule has 0 N–H and O–H groups in total. The van der Waals surface area contributed by atoms with Crippen LogP contribution in [-0.2, 0) is 5.60 Å². The predicted octanol–water partition coefficient (Wildman–Crippen LogP) is 9.29. The van der Waals surface area contributed by atoms with E-state index in [1.165, 1.54) is 27.2 Å². The normalized spacial score (nSPS) is 13.9. The number of para-hydroxylation sites is 2. The highest BCUT2D eigenvalue weighted by atomic mass is 16.5. The molecule has 0 bridgehead atoms. The van der Waals surface area contributed by atoms with E-state index >= 15 is 0 Å². The Morgan fingerprint density at radius 1 is 0.513 bits per heavy atom. The number of hydrogen-bond acceptors (Lipinski definition) is 1. The molecule has 0 saturated heterocycles. The van der Waals surface area contributed by atoms with Crippen LogP contribution >= 0.6 is 0 Å². The Morgan fingerprint density at radius 2 is 1.05 bits per heavy atom. The summed E-state index contributed by atoms with van der Waals surface area (Å²) in [6.07, 6.45) is 4.52. The van der Waals surface area contributed by atoms with E-state index in [0.29, 0.717) is 0 Å². The molecule has 1 aromatic heterocycles. The van der Waals surface area contributed by atoms with E-state index in [9.17, 15) is 0 Å². The van der Waals surface area contributed by atoms with Gasteiger partial charge in [0.2, 0.25) is 0 Å². The molecule has 1 aliphatic heterocycles. The SMILES string of the molecule is C1=CC(c2ccccc2)(c2ccccc2)Oc2c1c1c(c3ccccc23)c2ccccc2n1-c1ccccc1. The lowest BCUT2D eigenvalue weighted by molar-refractivity contribution is 0.164. The number of fused-ring (bicyclic) bond motifs is 8. The van der Waals surface area contributed by atoms with Crippen molar-refractivity contribution < 1.29 is 4.74 Å². The van der Waals surface area contributed by atoms with Crippen LogP contribution in [0.2, 0.25) is 0 Å². The molecule has 6 aromatic carbocycles. The number of aromatic nitrogens is 1. The average molecular weight is 500 g/mol. The van der Waals surface area contributed by atoms with Gasteiger partial charge in [0.15, 0.2) is 5.60 Å². The molecule has 0 atom stereocenters.